The number of primary amides is 1. The van der Waals surface area contributed by atoms with Crippen LogP contribution in [0, 0.1) is 6.07 Å². The fourth-order valence-corrected chi connectivity index (χ4v) is 2.05. The second-order valence-electron chi connectivity index (χ2n) is 4.32. The highest BCUT2D eigenvalue weighted by Gasteiger charge is 2.23. The van der Waals surface area contributed by atoms with Crippen LogP contribution in [0.2, 0.25) is 0 Å². The van der Waals surface area contributed by atoms with Crippen LogP contribution in [0.3, 0.4) is 0 Å². The van der Waals surface area contributed by atoms with Crippen molar-refractivity contribution in [3.8, 4) is 0 Å². The highest BCUT2D eigenvalue weighted by atomic mass is 16.5. The molecule has 0 aromatic carbocycles. The Labute approximate surface area is 101 Å². The minimum atomic E-state index is -0.554. The molecule has 17 heavy (non-hydrogen) atoms. The lowest BCUT2D eigenvalue weighted by Gasteiger charge is -2.36. The van der Waals surface area contributed by atoms with Crippen molar-refractivity contribution >= 4 is 11.7 Å². The molecule has 1 saturated heterocycles. The molecule has 0 bridgehead atoms. The van der Waals surface area contributed by atoms with E-state index in [0.717, 1.165) is 18.9 Å². The lowest BCUT2D eigenvalue weighted by Crippen LogP contribution is -2.46. The van der Waals surface area contributed by atoms with Crippen LogP contribution >= 0.6 is 0 Å². The number of morpholine rings is 1. The van der Waals surface area contributed by atoms with Gasteiger partial charge in [0.1, 0.15) is 11.5 Å². The van der Waals surface area contributed by atoms with Gasteiger partial charge in [0.25, 0.3) is 5.91 Å². The van der Waals surface area contributed by atoms with E-state index in [1.165, 1.54) is 0 Å². The molecular formula is C12H16N3O2. The third-order valence-corrected chi connectivity index (χ3v) is 2.66. The number of carbonyl (C=O) groups excluding carboxylic acids is 1. The molecule has 2 rings (SSSR count). The number of carbonyl (C=O) groups is 1. The molecule has 0 saturated carbocycles. The molecule has 2 heterocycles. The van der Waals surface area contributed by atoms with Gasteiger partial charge in [-0.1, -0.05) is 0 Å². The lowest BCUT2D eigenvalue weighted by atomic mass is 10.2. The van der Waals surface area contributed by atoms with E-state index in [4.69, 9.17) is 10.5 Å². The summed E-state index contributed by atoms with van der Waals surface area (Å²) in [7, 11) is 0. The van der Waals surface area contributed by atoms with Gasteiger partial charge in [0, 0.05) is 19.2 Å². The van der Waals surface area contributed by atoms with Crippen molar-refractivity contribution in [3.05, 3.63) is 23.9 Å². The van der Waals surface area contributed by atoms with Crippen LogP contribution in [0.5, 0.6) is 0 Å². The minimum absolute atomic E-state index is 0.154. The number of aromatic nitrogens is 1. The van der Waals surface area contributed by atoms with Gasteiger partial charge in [-0.05, 0) is 26.0 Å². The third kappa shape index (κ3) is 2.74. The number of rotatable bonds is 2. The van der Waals surface area contributed by atoms with Gasteiger partial charge in [0.05, 0.1) is 12.2 Å². The predicted molar refractivity (Wildman–Crippen MR) is 63.8 cm³/mol. The van der Waals surface area contributed by atoms with Crippen molar-refractivity contribution in [2.45, 2.75) is 26.1 Å². The molecule has 1 aromatic heterocycles. The molecule has 0 aliphatic carbocycles. The van der Waals surface area contributed by atoms with Gasteiger partial charge in [-0.25, -0.2) is 4.98 Å². The number of pyridine rings is 1. The zero-order valence-corrected chi connectivity index (χ0v) is 10.0. The number of nitrogens with two attached hydrogens (primary N) is 1. The van der Waals surface area contributed by atoms with Crippen LogP contribution in [0.25, 0.3) is 0 Å². The molecule has 1 aliphatic rings. The quantitative estimate of drug-likeness (QED) is 0.813. The molecule has 0 spiro atoms. The van der Waals surface area contributed by atoms with Crippen molar-refractivity contribution in [3.63, 3.8) is 0 Å². The Morgan fingerprint density at radius 2 is 2.18 bits per heavy atom. The molecule has 2 N–H and O–H groups in total. The highest BCUT2D eigenvalue weighted by Crippen LogP contribution is 2.18. The van der Waals surface area contributed by atoms with Gasteiger partial charge in [-0.2, -0.15) is 0 Å². The molecule has 1 fully saturated rings. The maximum atomic E-state index is 11.0. The average molecular weight is 234 g/mol. The van der Waals surface area contributed by atoms with Gasteiger partial charge in [-0.3, -0.25) is 4.79 Å². The molecule has 2 atom stereocenters. The molecule has 1 aliphatic heterocycles. The number of hydrogen-bond acceptors (Lipinski definition) is 4. The fourth-order valence-electron chi connectivity index (χ4n) is 2.05. The molecule has 5 heteroatoms. The van der Waals surface area contributed by atoms with E-state index < -0.39 is 5.91 Å². The molecule has 0 unspecified atom stereocenters. The van der Waals surface area contributed by atoms with Crippen molar-refractivity contribution in [1.29, 1.82) is 0 Å². The van der Waals surface area contributed by atoms with Crippen LogP contribution in [-0.2, 0) is 4.74 Å². The average Bonchev–Trinajstić information content (AvgIpc) is 2.28. The topological polar surface area (TPSA) is 68.5 Å². The van der Waals surface area contributed by atoms with E-state index in [1.54, 1.807) is 6.07 Å². The van der Waals surface area contributed by atoms with Crippen LogP contribution < -0.4 is 10.6 Å². The summed E-state index contributed by atoms with van der Waals surface area (Å²) in [6, 6.07) is 6.23. The maximum absolute atomic E-state index is 11.0. The third-order valence-electron chi connectivity index (χ3n) is 2.66. The predicted octanol–water partition coefficient (Wildman–Crippen LogP) is 0.594. The Bertz CT molecular complexity index is 412. The van der Waals surface area contributed by atoms with E-state index in [1.807, 2.05) is 19.9 Å². The Morgan fingerprint density at radius 1 is 1.53 bits per heavy atom. The zero-order chi connectivity index (χ0) is 12.4. The van der Waals surface area contributed by atoms with Crippen molar-refractivity contribution in [2.75, 3.05) is 18.0 Å². The van der Waals surface area contributed by atoms with E-state index in [2.05, 4.69) is 16.0 Å². The van der Waals surface area contributed by atoms with E-state index in [0.29, 0.717) is 0 Å². The first kappa shape index (κ1) is 11.9. The number of hydrogen-bond donors (Lipinski definition) is 1. The van der Waals surface area contributed by atoms with Crippen molar-refractivity contribution in [2.24, 2.45) is 5.73 Å². The smallest absolute Gasteiger partial charge is 0.268 e. The fraction of sp³-hybridized carbons (Fsp3) is 0.500. The number of nitrogens with zero attached hydrogens (tertiary/aromatic N) is 2. The van der Waals surface area contributed by atoms with Gasteiger partial charge < -0.3 is 15.4 Å². The van der Waals surface area contributed by atoms with Gasteiger partial charge in [-0.15, -0.1) is 0 Å². The van der Waals surface area contributed by atoms with Crippen LogP contribution in [-0.4, -0.2) is 36.2 Å². The largest absolute Gasteiger partial charge is 0.372 e. The van der Waals surface area contributed by atoms with Crippen molar-refractivity contribution < 1.29 is 9.53 Å². The van der Waals surface area contributed by atoms with Crippen molar-refractivity contribution in [1.82, 2.24) is 4.98 Å². The molecule has 5 nitrogen and oxygen atoms in total. The molecule has 1 radical (unpaired) electrons. The Kier molecular flexibility index (Phi) is 3.28. The summed E-state index contributed by atoms with van der Waals surface area (Å²) >= 11 is 0. The Balaban J connectivity index is 2.21. The highest BCUT2D eigenvalue weighted by molar-refractivity contribution is 5.90. The summed E-state index contributed by atoms with van der Waals surface area (Å²) in [6.07, 6.45) is 0.309. The first-order valence-electron chi connectivity index (χ1n) is 5.65. The normalized spacial score (nSPS) is 24.7. The maximum Gasteiger partial charge on any atom is 0.268 e. The summed E-state index contributed by atoms with van der Waals surface area (Å²) in [5, 5.41) is 0. The molecule has 1 amide bonds. The monoisotopic (exact) mass is 234 g/mol. The Hall–Kier alpha value is -1.62. The first-order chi connectivity index (χ1) is 8.06. The summed E-state index contributed by atoms with van der Waals surface area (Å²) in [6.45, 7) is 5.57. The number of ether oxygens (including phenoxy) is 1. The summed E-state index contributed by atoms with van der Waals surface area (Å²) in [5.41, 5.74) is 5.37. The van der Waals surface area contributed by atoms with Gasteiger partial charge >= 0.3 is 0 Å². The molecular weight excluding hydrogens is 218 g/mol. The lowest BCUT2D eigenvalue weighted by molar-refractivity contribution is -0.00546. The number of anilines is 1. The summed E-state index contributed by atoms with van der Waals surface area (Å²) in [5.74, 6) is 0.195. The van der Waals surface area contributed by atoms with Crippen LogP contribution in [0.4, 0.5) is 5.82 Å². The Morgan fingerprint density at radius 3 is 2.76 bits per heavy atom. The van der Waals surface area contributed by atoms with Gasteiger partial charge in [0.2, 0.25) is 0 Å². The number of amides is 1. The first-order valence-corrected chi connectivity index (χ1v) is 5.65. The van der Waals surface area contributed by atoms with Gasteiger partial charge in [0.15, 0.2) is 0 Å². The van der Waals surface area contributed by atoms with E-state index in [9.17, 15) is 4.79 Å². The van der Waals surface area contributed by atoms with Crippen LogP contribution in [0.15, 0.2) is 12.1 Å². The summed E-state index contributed by atoms with van der Waals surface area (Å²) in [4.78, 5) is 17.4. The van der Waals surface area contributed by atoms with E-state index in [-0.39, 0.29) is 17.9 Å². The molecule has 91 valence electrons. The summed E-state index contributed by atoms with van der Waals surface area (Å²) < 4.78 is 5.65. The molecule has 1 aromatic rings. The second-order valence-corrected chi connectivity index (χ2v) is 4.32. The second kappa shape index (κ2) is 4.71. The minimum Gasteiger partial charge on any atom is -0.372 e. The standard InChI is InChI=1S/C12H16N3O2/c1-8-6-15(7-9(2)17-8)11-5-3-4-10(14-11)12(13)16/h3,5,8-9H,6-7H2,1-2H3,(H2,13,16)/t8-,9+. The van der Waals surface area contributed by atoms with E-state index >= 15 is 0 Å². The van der Waals surface area contributed by atoms with Crippen LogP contribution in [0.1, 0.15) is 24.3 Å². The SMILES string of the molecule is C[C@@H]1CN(c2cc[c]c(C(N)=O)n2)C[C@H](C)O1. The zero-order valence-electron chi connectivity index (χ0n) is 10.0.